The van der Waals surface area contributed by atoms with Crippen LogP contribution in [-0.2, 0) is 19.5 Å². The largest absolute Gasteiger partial charge is 0.490 e. The lowest BCUT2D eigenvalue weighted by atomic mass is 10.2. The maximum atomic E-state index is 5.74. The molecule has 0 bridgehead atoms. The van der Waals surface area contributed by atoms with E-state index < -0.39 is 0 Å². The normalized spacial score (nSPS) is 14.0. The van der Waals surface area contributed by atoms with E-state index in [1.54, 1.807) is 13.4 Å². The van der Waals surface area contributed by atoms with Crippen molar-refractivity contribution in [3.8, 4) is 11.5 Å². The Morgan fingerprint density at radius 3 is 2.88 bits per heavy atom. The van der Waals surface area contributed by atoms with Gasteiger partial charge in [0.1, 0.15) is 12.2 Å². The lowest BCUT2D eigenvalue weighted by Crippen LogP contribution is -2.38. The molecule has 8 heteroatoms. The number of benzene rings is 1. The molecule has 1 aliphatic heterocycles. The minimum Gasteiger partial charge on any atom is -0.490 e. The summed E-state index contributed by atoms with van der Waals surface area (Å²) in [5.41, 5.74) is 1.12. The number of aromatic nitrogens is 3. The molecular weight excluding hydrogens is 332 g/mol. The highest BCUT2D eigenvalue weighted by Crippen LogP contribution is 2.30. The van der Waals surface area contributed by atoms with Crippen LogP contribution < -0.4 is 20.1 Å². The van der Waals surface area contributed by atoms with Gasteiger partial charge in [-0.05, 0) is 17.7 Å². The SMILES string of the molecule is CCc1nncn1CCNC(=NC)NCc1ccc2c(c1)OCCCO2. The molecule has 2 N–H and O–H groups in total. The van der Waals surface area contributed by atoms with Gasteiger partial charge < -0.3 is 24.7 Å². The van der Waals surface area contributed by atoms with E-state index in [1.807, 2.05) is 22.8 Å². The van der Waals surface area contributed by atoms with E-state index >= 15 is 0 Å². The van der Waals surface area contributed by atoms with Crippen molar-refractivity contribution in [2.45, 2.75) is 32.9 Å². The van der Waals surface area contributed by atoms with Gasteiger partial charge in [0.05, 0.1) is 13.2 Å². The summed E-state index contributed by atoms with van der Waals surface area (Å²) in [6, 6.07) is 6.02. The number of fused-ring (bicyclic) bond motifs is 1. The van der Waals surface area contributed by atoms with Gasteiger partial charge in [-0.3, -0.25) is 4.99 Å². The second-order valence-corrected chi connectivity index (χ2v) is 5.98. The van der Waals surface area contributed by atoms with Gasteiger partial charge in [-0.25, -0.2) is 0 Å². The van der Waals surface area contributed by atoms with Gasteiger partial charge in [-0.15, -0.1) is 10.2 Å². The second kappa shape index (κ2) is 9.07. The van der Waals surface area contributed by atoms with Crippen LogP contribution in [0.15, 0.2) is 29.5 Å². The zero-order valence-corrected chi connectivity index (χ0v) is 15.4. The van der Waals surface area contributed by atoms with Crippen molar-refractivity contribution < 1.29 is 9.47 Å². The van der Waals surface area contributed by atoms with Crippen molar-refractivity contribution in [2.24, 2.45) is 4.99 Å². The first-order valence-corrected chi connectivity index (χ1v) is 9.00. The average Bonchev–Trinajstić information content (AvgIpc) is 2.99. The molecule has 1 aliphatic rings. The first kappa shape index (κ1) is 18.0. The molecule has 0 aliphatic carbocycles. The van der Waals surface area contributed by atoms with Crippen LogP contribution >= 0.6 is 0 Å². The number of aliphatic imine (C=N–C) groups is 1. The lowest BCUT2D eigenvalue weighted by molar-refractivity contribution is 0.297. The molecule has 0 saturated heterocycles. The molecule has 0 atom stereocenters. The van der Waals surface area contributed by atoms with Crippen molar-refractivity contribution in [3.05, 3.63) is 35.9 Å². The molecule has 140 valence electrons. The van der Waals surface area contributed by atoms with Gasteiger partial charge in [0.15, 0.2) is 17.5 Å². The van der Waals surface area contributed by atoms with Gasteiger partial charge >= 0.3 is 0 Å². The molecule has 0 amide bonds. The molecule has 0 radical (unpaired) electrons. The van der Waals surface area contributed by atoms with E-state index in [0.717, 1.165) is 54.8 Å². The number of nitrogens with one attached hydrogen (secondary N) is 2. The average molecular weight is 358 g/mol. The second-order valence-electron chi connectivity index (χ2n) is 5.98. The third kappa shape index (κ3) is 4.65. The predicted octanol–water partition coefficient (Wildman–Crippen LogP) is 1.37. The number of nitrogens with zero attached hydrogens (tertiary/aromatic N) is 4. The lowest BCUT2D eigenvalue weighted by Gasteiger charge is -2.14. The van der Waals surface area contributed by atoms with E-state index in [2.05, 4.69) is 32.7 Å². The Bertz CT molecular complexity index is 743. The molecule has 1 aromatic carbocycles. The minimum atomic E-state index is 0.656. The van der Waals surface area contributed by atoms with Crippen LogP contribution in [0.5, 0.6) is 11.5 Å². The molecule has 0 fully saturated rings. The Morgan fingerprint density at radius 1 is 1.23 bits per heavy atom. The smallest absolute Gasteiger partial charge is 0.191 e. The van der Waals surface area contributed by atoms with E-state index in [-0.39, 0.29) is 0 Å². The van der Waals surface area contributed by atoms with Crippen LogP contribution in [-0.4, -0.2) is 47.5 Å². The van der Waals surface area contributed by atoms with Gasteiger partial charge in [0, 0.05) is 39.5 Å². The molecule has 3 rings (SSSR count). The van der Waals surface area contributed by atoms with Gasteiger partial charge in [-0.2, -0.15) is 0 Å². The van der Waals surface area contributed by atoms with Crippen molar-refractivity contribution in [2.75, 3.05) is 26.8 Å². The van der Waals surface area contributed by atoms with Crippen LogP contribution in [0.1, 0.15) is 24.7 Å². The standard InChI is InChI=1S/C18H26N6O2/c1-3-17-23-22-13-24(17)8-7-20-18(19-2)21-12-14-5-6-15-16(11-14)26-10-4-9-25-15/h5-6,11,13H,3-4,7-10,12H2,1-2H3,(H2,19,20,21). The zero-order valence-electron chi connectivity index (χ0n) is 15.4. The Hall–Kier alpha value is -2.77. The zero-order chi connectivity index (χ0) is 18.2. The molecular formula is C18H26N6O2. The maximum Gasteiger partial charge on any atom is 0.191 e. The van der Waals surface area contributed by atoms with Gasteiger partial charge in [0.2, 0.25) is 0 Å². The summed E-state index contributed by atoms with van der Waals surface area (Å²) in [6.07, 6.45) is 3.54. The number of hydrogen-bond acceptors (Lipinski definition) is 5. The summed E-state index contributed by atoms with van der Waals surface area (Å²) in [4.78, 5) is 4.26. The number of ether oxygens (including phenoxy) is 2. The van der Waals surface area contributed by atoms with Crippen molar-refractivity contribution in [1.82, 2.24) is 25.4 Å². The molecule has 0 unspecified atom stereocenters. The number of guanidine groups is 1. The fourth-order valence-electron chi connectivity index (χ4n) is 2.76. The van der Waals surface area contributed by atoms with Gasteiger partial charge in [-0.1, -0.05) is 13.0 Å². The number of hydrogen-bond donors (Lipinski definition) is 2. The van der Waals surface area contributed by atoms with Crippen LogP contribution in [0.3, 0.4) is 0 Å². The molecule has 0 saturated carbocycles. The first-order valence-electron chi connectivity index (χ1n) is 9.00. The third-order valence-corrected chi connectivity index (χ3v) is 4.15. The van der Waals surface area contributed by atoms with Crippen LogP contribution in [0.2, 0.25) is 0 Å². The van der Waals surface area contributed by atoms with E-state index in [0.29, 0.717) is 19.8 Å². The fourth-order valence-corrected chi connectivity index (χ4v) is 2.76. The Morgan fingerprint density at radius 2 is 2.08 bits per heavy atom. The van der Waals surface area contributed by atoms with Crippen LogP contribution in [0.4, 0.5) is 0 Å². The summed E-state index contributed by atoms with van der Waals surface area (Å²) in [6.45, 7) is 5.66. The summed E-state index contributed by atoms with van der Waals surface area (Å²) < 4.78 is 13.4. The summed E-state index contributed by atoms with van der Waals surface area (Å²) >= 11 is 0. The monoisotopic (exact) mass is 358 g/mol. The number of aryl methyl sites for hydroxylation is 1. The van der Waals surface area contributed by atoms with E-state index in [1.165, 1.54) is 0 Å². The fraction of sp³-hybridized carbons (Fsp3) is 0.500. The quantitative estimate of drug-likeness (QED) is 0.599. The van der Waals surface area contributed by atoms with E-state index in [4.69, 9.17) is 9.47 Å². The van der Waals surface area contributed by atoms with Crippen molar-refractivity contribution in [1.29, 1.82) is 0 Å². The Kier molecular flexibility index (Phi) is 6.29. The summed E-state index contributed by atoms with van der Waals surface area (Å²) in [5, 5.41) is 14.7. The third-order valence-electron chi connectivity index (χ3n) is 4.15. The summed E-state index contributed by atoms with van der Waals surface area (Å²) in [7, 11) is 1.76. The summed E-state index contributed by atoms with van der Waals surface area (Å²) in [5.74, 6) is 3.36. The van der Waals surface area contributed by atoms with E-state index in [9.17, 15) is 0 Å². The van der Waals surface area contributed by atoms with Crippen LogP contribution in [0.25, 0.3) is 0 Å². The highest BCUT2D eigenvalue weighted by Gasteiger charge is 2.10. The highest BCUT2D eigenvalue weighted by molar-refractivity contribution is 5.79. The maximum absolute atomic E-state index is 5.74. The van der Waals surface area contributed by atoms with Crippen molar-refractivity contribution in [3.63, 3.8) is 0 Å². The molecule has 0 spiro atoms. The Labute approximate surface area is 153 Å². The molecule has 2 aromatic rings. The highest BCUT2D eigenvalue weighted by atomic mass is 16.5. The predicted molar refractivity (Wildman–Crippen MR) is 99.7 cm³/mol. The minimum absolute atomic E-state index is 0.656. The van der Waals surface area contributed by atoms with Gasteiger partial charge in [0.25, 0.3) is 0 Å². The molecule has 26 heavy (non-hydrogen) atoms. The van der Waals surface area contributed by atoms with Crippen LogP contribution in [0, 0.1) is 0 Å². The Balaban J connectivity index is 1.49. The topological polar surface area (TPSA) is 85.6 Å². The number of rotatable bonds is 6. The van der Waals surface area contributed by atoms with Crippen molar-refractivity contribution >= 4 is 5.96 Å². The first-order chi connectivity index (χ1) is 12.8. The molecule has 2 heterocycles. The molecule has 8 nitrogen and oxygen atoms in total. The molecule has 1 aromatic heterocycles.